The van der Waals surface area contributed by atoms with Crippen molar-refractivity contribution >= 4 is 6.03 Å². The first-order valence-corrected chi connectivity index (χ1v) is 10.3. The molecule has 1 aliphatic heterocycles. The van der Waals surface area contributed by atoms with Gasteiger partial charge in [-0.1, -0.05) is 38.5 Å². The molecule has 1 saturated heterocycles. The molecule has 0 aromatic heterocycles. The van der Waals surface area contributed by atoms with E-state index in [1.54, 1.807) is 0 Å². The van der Waals surface area contributed by atoms with E-state index in [0.717, 1.165) is 31.3 Å². The van der Waals surface area contributed by atoms with Crippen LogP contribution in [0.1, 0.15) is 84.5 Å². The smallest absolute Gasteiger partial charge is 0.320 e. The lowest BCUT2D eigenvalue weighted by molar-refractivity contribution is 0.0572. The van der Waals surface area contributed by atoms with E-state index in [1.165, 1.54) is 64.2 Å². The lowest BCUT2D eigenvalue weighted by Gasteiger charge is -2.46. The van der Waals surface area contributed by atoms with Crippen molar-refractivity contribution in [3.05, 3.63) is 0 Å². The van der Waals surface area contributed by atoms with Gasteiger partial charge in [0.15, 0.2) is 0 Å². The maximum Gasteiger partial charge on any atom is 0.320 e. The van der Waals surface area contributed by atoms with Crippen molar-refractivity contribution in [2.75, 3.05) is 13.1 Å². The summed E-state index contributed by atoms with van der Waals surface area (Å²) >= 11 is 0. The molecular weight excluding hydrogens is 284 g/mol. The third kappa shape index (κ3) is 3.85. The van der Waals surface area contributed by atoms with Crippen LogP contribution in [0.5, 0.6) is 0 Å². The monoisotopic (exact) mass is 320 g/mol. The summed E-state index contributed by atoms with van der Waals surface area (Å²) in [6.07, 6.45) is 14.7. The van der Waals surface area contributed by atoms with Crippen molar-refractivity contribution in [3.63, 3.8) is 0 Å². The van der Waals surface area contributed by atoms with Crippen LogP contribution in [0.2, 0.25) is 0 Å². The predicted octanol–water partition coefficient (Wildman–Crippen LogP) is 5.05. The Morgan fingerprint density at radius 3 is 1.48 bits per heavy atom. The molecule has 2 atom stereocenters. The van der Waals surface area contributed by atoms with Crippen LogP contribution in [0.3, 0.4) is 0 Å². The molecule has 23 heavy (non-hydrogen) atoms. The van der Waals surface area contributed by atoms with Gasteiger partial charge in [-0.15, -0.1) is 0 Å². The largest absolute Gasteiger partial charge is 0.322 e. The van der Waals surface area contributed by atoms with Gasteiger partial charge in [-0.25, -0.2) is 4.79 Å². The van der Waals surface area contributed by atoms with E-state index in [2.05, 4.69) is 23.6 Å². The van der Waals surface area contributed by atoms with Crippen LogP contribution < -0.4 is 0 Å². The van der Waals surface area contributed by atoms with E-state index in [-0.39, 0.29) is 0 Å². The van der Waals surface area contributed by atoms with Gasteiger partial charge in [0, 0.05) is 25.2 Å². The Bertz CT molecular complexity index is 351. The second-order valence-electron chi connectivity index (χ2n) is 8.30. The van der Waals surface area contributed by atoms with Crippen molar-refractivity contribution in [2.45, 2.75) is 96.6 Å². The molecule has 3 nitrogen and oxygen atoms in total. The number of amides is 2. The van der Waals surface area contributed by atoms with Crippen molar-refractivity contribution < 1.29 is 4.79 Å². The maximum atomic E-state index is 13.1. The molecule has 0 aromatic rings. The van der Waals surface area contributed by atoms with Gasteiger partial charge in [-0.2, -0.15) is 0 Å². The summed E-state index contributed by atoms with van der Waals surface area (Å²) in [5.41, 5.74) is 0. The van der Waals surface area contributed by atoms with Crippen molar-refractivity contribution in [1.29, 1.82) is 0 Å². The molecule has 3 heteroatoms. The zero-order valence-corrected chi connectivity index (χ0v) is 15.3. The highest BCUT2D eigenvalue weighted by molar-refractivity contribution is 5.76. The van der Waals surface area contributed by atoms with Crippen molar-refractivity contribution in [2.24, 2.45) is 11.8 Å². The Hall–Kier alpha value is -0.730. The summed E-state index contributed by atoms with van der Waals surface area (Å²) in [7, 11) is 0. The van der Waals surface area contributed by atoms with Gasteiger partial charge in [0.25, 0.3) is 0 Å². The van der Waals surface area contributed by atoms with Gasteiger partial charge in [0.2, 0.25) is 0 Å². The van der Waals surface area contributed by atoms with Gasteiger partial charge in [0.1, 0.15) is 0 Å². The molecule has 3 rings (SSSR count). The number of hydrogen-bond donors (Lipinski definition) is 0. The number of nitrogens with zero attached hydrogens (tertiary/aromatic N) is 2. The summed E-state index contributed by atoms with van der Waals surface area (Å²) in [4.78, 5) is 17.6. The standard InChI is InChI=1S/C20H36N2O/c1-16(18-10-5-3-6-11-18)21-14-9-15-22(20(21)23)17(2)19-12-7-4-8-13-19/h16-19H,3-15H2,1-2H3/t16-,17-/m1/s1. The third-order valence-electron chi connectivity index (χ3n) is 6.94. The molecule has 0 aromatic carbocycles. The van der Waals surface area contributed by atoms with Crippen LogP contribution in [0.15, 0.2) is 0 Å². The quantitative estimate of drug-likeness (QED) is 0.711. The lowest BCUT2D eigenvalue weighted by Crippen LogP contribution is -2.58. The number of rotatable bonds is 4. The number of carbonyl (C=O) groups excluding carboxylic acids is 1. The fourth-order valence-electron chi connectivity index (χ4n) is 5.27. The Balaban J connectivity index is 1.62. The Morgan fingerprint density at radius 2 is 1.09 bits per heavy atom. The lowest BCUT2D eigenvalue weighted by atomic mass is 9.83. The van der Waals surface area contributed by atoms with Crippen LogP contribution in [0.4, 0.5) is 4.79 Å². The summed E-state index contributed by atoms with van der Waals surface area (Å²) in [6.45, 7) is 6.57. The van der Waals surface area contributed by atoms with Gasteiger partial charge in [-0.3, -0.25) is 0 Å². The molecule has 1 heterocycles. The van der Waals surface area contributed by atoms with E-state index in [0.29, 0.717) is 18.1 Å². The topological polar surface area (TPSA) is 23.6 Å². The van der Waals surface area contributed by atoms with E-state index in [4.69, 9.17) is 0 Å². The molecule has 132 valence electrons. The first kappa shape index (κ1) is 17.1. The normalized spacial score (nSPS) is 28.0. The van der Waals surface area contributed by atoms with E-state index >= 15 is 0 Å². The molecule has 0 spiro atoms. The number of urea groups is 1. The molecule has 0 N–H and O–H groups in total. The molecule has 2 amide bonds. The SMILES string of the molecule is C[C@H](C1CCCCC1)N1CCCN([C@H](C)C2CCCCC2)C1=O. The van der Waals surface area contributed by atoms with E-state index in [1.807, 2.05) is 0 Å². The predicted molar refractivity (Wildman–Crippen MR) is 95.5 cm³/mol. The minimum absolute atomic E-state index is 0.340. The highest BCUT2D eigenvalue weighted by atomic mass is 16.2. The fourth-order valence-corrected chi connectivity index (χ4v) is 5.27. The highest BCUT2D eigenvalue weighted by Gasteiger charge is 2.37. The second kappa shape index (κ2) is 7.90. The Labute approximate surface area is 142 Å². The van der Waals surface area contributed by atoms with Gasteiger partial charge >= 0.3 is 6.03 Å². The van der Waals surface area contributed by atoms with Crippen LogP contribution >= 0.6 is 0 Å². The molecule has 3 aliphatic rings. The zero-order valence-electron chi connectivity index (χ0n) is 15.3. The van der Waals surface area contributed by atoms with Crippen LogP contribution in [-0.4, -0.2) is 41.0 Å². The van der Waals surface area contributed by atoms with Crippen LogP contribution in [0, 0.1) is 11.8 Å². The second-order valence-corrected chi connectivity index (χ2v) is 8.30. The van der Waals surface area contributed by atoms with Crippen molar-refractivity contribution in [1.82, 2.24) is 9.80 Å². The van der Waals surface area contributed by atoms with Crippen molar-refractivity contribution in [3.8, 4) is 0 Å². The van der Waals surface area contributed by atoms with E-state index < -0.39 is 0 Å². The molecule has 3 fully saturated rings. The summed E-state index contributed by atoms with van der Waals surface area (Å²) < 4.78 is 0. The molecule has 0 radical (unpaired) electrons. The van der Waals surface area contributed by atoms with Crippen LogP contribution in [0.25, 0.3) is 0 Å². The van der Waals surface area contributed by atoms with E-state index in [9.17, 15) is 4.79 Å². The highest BCUT2D eigenvalue weighted by Crippen LogP contribution is 2.33. The maximum absolute atomic E-state index is 13.1. The minimum Gasteiger partial charge on any atom is -0.322 e. The Morgan fingerprint density at radius 1 is 0.696 bits per heavy atom. The molecule has 2 saturated carbocycles. The third-order valence-corrected chi connectivity index (χ3v) is 6.94. The summed E-state index contributed by atoms with van der Waals surface area (Å²) in [5, 5.41) is 0. The average molecular weight is 321 g/mol. The zero-order chi connectivity index (χ0) is 16.2. The van der Waals surface area contributed by atoms with Gasteiger partial charge in [0.05, 0.1) is 0 Å². The number of carbonyl (C=O) groups is 1. The molecular formula is C20H36N2O. The molecule has 2 aliphatic carbocycles. The molecule has 0 bridgehead atoms. The fraction of sp³-hybridized carbons (Fsp3) is 0.950. The summed E-state index contributed by atoms with van der Waals surface area (Å²) in [6, 6.07) is 1.21. The van der Waals surface area contributed by atoms with Gasteiger partial charge in [-0.05, 0) is 57.8 Å². The number of hydrogen-bond acceptors (Lipinski definition) is 1. The van der Waals surface area contributed by atoms with Crippen LogP contribution in [-0.2, 0) is 0 Å². The van der Waals surface area contributed by atoms with Gasteiger partial charge < -0.3 is 9.80 Å². The first-order chi connectivity index (χ1) is 11.2. The first-order valence-electron chi connectivity index (χ1n) is 10.3. The Kier molecular flexibility index (Phi) is 5.87. The average Bonchev–Trinajstić information content (AvgIpc) is 2.62. The minimum atomic E-state index is 0.340. The molecule has 0 unspecified atom stereocenters. The summed E-state index contributed by atoms with van der Waals surface area (Å²) in [5.74, 6) is 1.47.